The maximum atomic E-state index is 12.4. The summed E-state index contributed by atoms with van der Waals surface area (Å²) in [7, 11) is 1.90. The summed E-state index contributed by atoms with van der Waals surface area (Å²) in [6.07, 6.45) is 5.89. The number of imidazole rings is 1. The van der Waals surface area contributed by atoms with Crippen LogP contribution in [-0.4, -0.2) is 30.4 Å². The summed E-state index contributed by atoms with van der Waals surface area (Å²) in [6, 6.07) is 15.8. The zero-order valence-electron chi connectivity index (χ0n) is 18.7. The number of carbonyl (C=O) groups excluding carboxylic acids is 1. The van der Waals surface area contributed by atoms with Crippen LogP contribution in [0.1, 0.15) is 31.0 Å². The Labute approximate surface area is 190 Å². The molecule has 3 heterocycles. The van der Waals surface area contributed by atoms with Crippen LogP contribution >= 0.6 is 0 Å². The molecule has 8 heteroatoms. The second kappa shape index (κ2) is 8.38. The normalized spacial score (nSPS) is 11.4. The van der Waals surface area contributed by atoms with E-state index in [2.05, 4.69) is 38.8 Å². The first-order valence-corrected chi connectivity index (χ1v) is 10.8. The van der Waals surface area contributed by atoms with Crippen molar-refractivity contribution >= 4 is 22.8 Å². The maximum absolute atomic E-state index is 12.4. The predicted molar refractivity (Wildman–Crippen MR) is 126 cm³/mol. The van der Waals surface area contributed by atoms with Crippen LogP contribution < -0.4 is 5.32 Å². The lowest BCUT2D eigenvalue weighted by molar-refractivity contribution is -0.115. The van der Waals surface area contributed by atoms with Gasteiger partial charge in [0.15, 0.2) is 0 Å². The zero-order valence-corrected chi connectivity index (χ0v) is 18.7. The maximum Gasteiger partial charge on any atom is 0.231 e. The van der Waals surface area contributed by atoms with Crippen molar-refractivity contribution in [3.63, 3.8) is 0 Å². The smallest absolute Gasteiger partial charge is 0.231 e. The van der Waals surface area contributed by atoms with Crippen LogP contribution in [0, 0.1) is 0 Å². The van der Waals surface area contributed by atoms with E-state index in [1.54, 1.807) is 10.7 Å². The number of nitrogens with one attached hydrogen (secondary N) is 1. The Balaban J connectivity index is 1.30. The molecule has 0 aliphatic heterocycles. The Morgan fingerprint density at radius 3 is 2.61 bits per heavy atom. The summed E-state index contributed by atoms with van der Waals surface area (Å²) in [5, 5.41) is 11.0. The van der Waals surface area contributed by atoms with Gasteiger partial charge in [-0.3, -0.25) is 19.4 Å². The summed E-state index contributed by atoms with van der Waals surface area (Å²) >= 11 is 0. The first kappa shape index (κ1) is 20.7. The SMILES string of the molecule is CC(C)c1cc(NC(=O)Cc2ccc(-n3cnc4cc(-c5cnn(C)c5)ccc43)cc2)on1. The molecule has 0 aliphatic carbocycles. The Morgan fingerprint density at radius 1 is 1.09 bits per heavy atom. The van der Waals surface area contributed by atoms with Gasteiger partial charge >= 0.3 is 0 Å². The van der Waals surface area contributed by atoms with Crippen molar-refractivity contribution in [3.8, 4) is 16.8 Å². The predicted octanol–water partition coefficient (Wildman–Crippen LogP) is 4.72. The molecule has 0 fully saturated rings. The quantitative estimate of drug-likeness (QED) is 0.413. The second-order valence-corrected chi connectivity index (χ2v) is 8.38. The van der Waals surface area contributed by atoms with E-state index >= 15 is 0 Å². The summed E-state index contributed by atoms with van der Waals surface area (Å²) in [5.41, 5.74) is 6.76. The van der Waals surface area contributed by atoms with Gasteiger partial charge in [-0.05, 0) is 41.3 Å². The first-order chi connectivity index (χ1) is 16.0. The lowest BCUT2D eigenvalue weighted by Crippen LogP contribution is -2.13. The van der Waals surface area contributed by atoms with Crippen molar-refractivity contribution in [1.29, 1.82) is 0 Å². The Bertz CT molecular complexity index is 1420. The minimum absolute atomic E-state index is 0.148. The second-order valence-electron chi connectivity index (χ2n) is 8.38. The summed E-state index contributed by atoms with van der Waals surface area (Å²) in [4.78, 5) is 17.0. The minimum Gasteiger partial charge on any atom is -0.338 e. The van der Waals surface area contributed by atoms with Crippen LogP contribution in [0.25, 0.3) is 27.8 Å². The van der Waals surface area contributed by atoms with Crippen LogP contribution in [0.5, 0.6) is 0 Å². The molecule has 0 aliphatic rings. The molecule has 3 aromatic heterocycles. The molecule has 0 atom stereocenters. The molecule has 8 nitrogen and oxygen atoms in total. The Hall–Kier alpha value is -4.20. The van der Waals surface area contributed by atoms with Gasteiger partial charge in [0.2, 0.25) is 11.8 Å². The topological polar surface area (TPSA) is 90.8 Å². The highest BCUT2D eigenvalue weighted by molar-refractivity contribution is 5.91. The summed E-state index contributed by atoms with van der Waals surface area (Å²) in [6.45, 7) is 4.04. The van der Waals surface area contributed by atoms with Gasteiger partial charge in [0.05, 0.1) is 29.3 Å². The van der Waals surface area contributed by atoms with Crippen LogP contribution in [-0.2, 0) is 18.3 Å². The Morgan fingerprint density at radius 2 is 1.91 bits per heavy atom. The molecule has 0 radical (unpaired) electrons. The molecule has 33 heavy (non-hydrogen) atoms. The van der Waals surface area contributed by atoms with Crippen molar-refractivity contribution in [1.82, 2.24) is 24.5 Å². The molecule has 1 amide bonds. The van der Waals surface area contributed by atoms with Crippen LogP contribution in [0.2, 0.25) is 0 Å². The molecule has 166 valence electrons. The lowest BCUT2D eigenvalue weighted by Gasteiger charge is -2.07. The fourth-order valence-corrected chi connectivity index (χ4v) is 3.73. The number of amides is 1. The van der Waals surface area contributed by atoms with E-state index in [9.17, 15) is 4.79 Å². The molecular formula is C25H24N6O2. The Kier molecular flexibility index (Phi) is 5.26. The van der Waals surface area contributed by atoms with E-state index in [0.29, 0.717) is 5.88 Å². The van der Waals surface area contributed by atoms with Gasteiger partial charge in [-0.1, -0.05) is 37.2 Å². The van der Waals surface area contributed by atoms with Crippen molar-refractivity contribution in [2.45, 2.75) is 26.2 Å². The number of fused-ring (bicyclic) bond motifs is 1. The van der Waals surface area contributed by atoms with Crippen molar-refractivity contribution in [2.24, 2.45) is 7.05 Å². The molecular weight excluding hydrogens is 416 g/mol. The number of carbonyl (C=O) groups is 1. The number of hydrogen-bond acceptors (Lipinski definition) is 5. The van der Waals surface area contributed by atoms with Gasteiger partial charge < -0.3 is 4.52 Å². The molecule has 0 saturated carbocycles. The number of aryl methyl sites for hydroxylation is 1. The monoisotopic (exact) mass is 440 g/mol. The molecule has 0 spiro atoms. The molecule has 0 unspecified atom stereocenters. The van der Waals surface area contributed by atoms with Crippen molar-refractivity contribution < 1.29 is 9.32 Å². The fourth-order valence-electron chi connectivity index (χ4n) is 3.73. The van der Waals surface area contributed by atoms with Crippen molar-refractivity contribution in [3.05, 3.63) is 78.5 Å². The average Bonchev–Trinajstić information content (AvgIpc) is 3.53. The van der Waals surface area contributed by atoms with Crippen LogP contribution in [0.4, 0.5) is 5.88 Å². The number of rotatable bonds is 6. The van der Waals surface area contributed by atoms with Crippen molar-refractivity contribution in [2.75, 3.05) is 5.32 Å². The number of anilines is 1. The summed E-state index contributed by atoms with van der Waals surface area (Å²) < 4.78 is 9.01. The number of aromatic nitrogens is 5. The first-order valence-electron chi connectivity index (χ1n) is 10.8. The van der Waals surface area contributed by atoms with Gasteiger partial charge in [-0.25, -0.2) is 4.98 Å². The highest BCUT2D eigenvalue weighted by Crippen LogP contribution is 2.25. The van der Waals surface area contributed by atoms with Gasteiger partial charge in [0, 0.05) is 30.6 Å². The third kappa shape index (κ3) is 4.27. The highest BCUT2D eigenvalue weighted by Gasteiger charge is 2.12. The lowest BCUT2D eigenvalue weighted by atomic mass is 10.1. The van der Waals surface area contributed by atoms with E-state index in [-0.39, 0.29) is 18.2 Å². The van der Waals surface area contributed by atoms with Gasteiger partial charge in [-0.15, -0.1) is 0 Å². The average molecular weight is 441 g/mol. The van der Waals surface area contributed by atoms with E-state index in [1.807, 2.05) is 68.4 Å². The number of benzene rings is 2. The molecule has 2 aromatic carbocycles. The third-order valence-electron chi connectivity index (χ3n) is 5.55. The molecule has 1 N–H and O–H groups in total. The van der Waals surface area contributed by atoms with Gasteiger partial charge in [0.1, 0.15) is 6.33 Å². The van der Waals surface area contributed by atoms with Gasteiger partial charge in [-0.2, -0.15) is 5.10 Å². The highest BCUT2D eigenvalue weighted by atomic mass is 16.5. The number of nitrogens with zero attached hydrogens (tertiary/aromatic N) is 5. The molecule has 5 rings (SSSR count). The van der Waals surface area contributed by atoms with Crippen LogP contribution in [0.3, 0.4) is 0 Å². The van der Waals surface area contributed by atoms with Gasteiger partial charge in [0.25, 0.3) is 0 Å². The van der Waals surface area contributed by atoms with E-state index in [0.717, 1.165) is 39.1 Å². The zero-order chi connectivity index (χ0) is 22.9. The largest absolute Gasteiger partial charge is 0.338 e. The molecule has 5 aromatic rings. The minimum atomic E-state index is -0.148. The van der Waals surface area contributed by atoms with E-state index < -0.39 is 0 Å². The van der Waals surface area contributed by atoms with Crippen LogP contribution in [0.15, 0.2) is 71.8 Å². The molecule has 0 bridgehead atoms. The molecule has 0 saturated heterocycles. The summed E-state index contributed by atoms with van der Waals surface area (Å²) in [5.74, 6) is 0.467. The fraction of sp³-hybridized carbons (Fsp3) is 0.200. The third-order valence-corrected chi connectivity index (χ3v) is 5.55. The standard InChI is InChI=1S/C25H24N6O2/c1-16(2)21-12-25(33-29-21)28-24(32)10-17-4-7-20(8-5-17)31-15-26-22-11-18(6-9-23(22)31)19-13-27-30(3)14-19/h4-9,11-16H,10H2,1-3H3,(H,28,32). The van der Waals surface area contributed by atoms with E-state index in [1.165, 1.54) is 0 Å². The van der Waals surface area contributed by atoms with E-state index in [4.69, 9.17) is 4.52 Å². The number of hydrogen-bond donors (Lipinski definition) is 1.